The first-order valence-electron chi connectivity index (χ1n) is 29.2. The van der Waals surface area contributed by atoms with E-state index < -0.39 is 20.5 Å². The summed E-state index contributed by atoms with van der Waals surface area (Å²) in [5.41, 5.74) is 11.5. The Bertz CT molecular complexity index is 2730. The summed E-state index contributed by atoms with van der Waals surface area (Å²) in [4.78, 5) is 11.4. The van der Waals surface area contributed by atoms with Gasteiger partial charge in [-0.3, -0.25) is 4.79 Å². The molecule has 1 heterocycles. The van der Waals surface area contributed by atoms with Crippen LogP contribution in [0.2, 0.25) is 18.1 Å². The molecule has 4 aromatic carbocycles. The van der Waals surface area contributed by atoms with E-state index in [1.807, 2.05) is 0 Å². The largest absolute Gasteiger partial charge is 0.543 e. The number of esters is 1. The summed E-state index contributed by atoms with van der Waals surface area (Å²) in [6, 6.07) is 26.7. The normalized spacial score (nSPS) is 18.4. The molecule has 0 bridgehead atoms. The number of carbonyl (C=O) groups is 1. The van der Waals surface area contributed by atoms with Crippen LogP contribution in [0.1, 0.15) is 221 Å². The fraction of sp³-hybridized carbons (Fsp3) is 0.580. The molecule has 0 radical (unpaired) electrons. The molecule has 76 heavy (non-hydrogen) atoms. The van der Waals surface area contributed by atoms with Gasteiger partial charge in [-0.25, -0.2) is 0 Å². The number of hydrogen-bond acceptors (Lipinski definition) is 6. The summed E-state index contributed by atoms with van der Waals surface area (Å²) in [5, 5.41) is 21.9. The first-order valence-corrected chi connectivity index (χ1v) is 32.2. The number of benzene rings is 4. The minimum Gasteiger partial charge on any atom is -0.543 e. The third-order valence-corrected chi connectivity index (χ3v) is 23.3. The average Bonchev–Trinajstić information content (AvgIpc) is 3.82. The predicted octanol–water partition coefficient (Wildman–Crippen LogP) is 16.7. The number of hydrogen-bond donors (Lipinski definition) is 2. The number of aliphatic hydroxyl groups is 2. The summed E-state index contributed by atoms with van der Waals surface area (Å²) in [7, 11) is -1.90. The third-order valence-electron chi connectivity index (χ3n) is 19.0. The lowest BCUT2D eigenvalue weighted by molar-refractivity contribution is -0.142. The van der Waals surface area contributed by atoms with E-state index in [0.29, 0.717) is 13.0 Å². The molecular weight excluding hydrogens is 953 g/mol. The van der Waals surface area contributed by atoms with E-state index in [1.165, 1.54) is 71.9 Å². The van der Waals surface area contributed by atoms with Gasteiger partial charge in [0.2, 0.25) is 8.32 Å². The van der Waals surface area contributed by atoms with Gasteiger partial charge in [-0.15, -0.1) is 0 Å². The van der Waals surface area contributed by atoms with Gasteiger partial charge in [0.15, 0.2) is 0 Å². The maximum atomic E-state index is 11.4. The maximum Gasteiger partial charge on any atom is 0.306 e. The molecule has 2 aliphatic carbocycles. The van der Waals surface area contributed by atoms with Gasteiger partial charge in [0, 0.05) is 39.2 Å². The number of aliphatic hydroxyl groups excluding tert-OH is 2. The van der Waals surface area contributed by atoms with Crippen LogP contribution in [0.5, 0.6) is 11.5 Å². The third kappa shape index (κ3) is 13.7. The summed E-state index contributed by atoms with van der Waals surface area (Å²) < 4.78 is 18.0. The summed E-state index contributed by atoms with van der Waals surface area (Å²) in [6.45, 7) is 33.9. The number of ether oxygens (including phenoxy) is 2. The van der Waals surface area contributed by atoms with E-state index in [9.17, 15) is 15.0 Å². The minimum absolute atomic E-state index is 0.0634. The van der Waals surface area contributed by atoms with Crippen molar-refractivity contribution in [3.8, 4) is 35.2 Å². The van der Waals surface area contributed by atoms with Crippen molar-refractivity contribution in [2.45, 2.75) is 240 Å². The highest BCUT2D eigenvalue weighted by atomic mass is 28.4. The van der Waals surface area contributed by atoms with Crippen molar-refractivity contribution in [2.75, 3.05) is 6.61 Å². The van der Waals surface area contributed by atoms with Gasteiger partial charge < -0.3 is 24.1 Å². The highest BCUT2D eigenvalue weighted by Gasteiger charge is 2.40. The molecule has 2 unspecified atom stereocenters. The molecule has 2 saturated carbocycles. The monoisotopic (exact) mass is 1050 g/mol. The molecule has 1 saturated heterocycles. The van der Waals surface area contributed by atoms with Crippen molar-refractivity contribution in [2.24, 2.45) is 10.8 Å². The number of cyclic esters (lactones) is 1. The average molecular weight is 1050 g/mol. The second kappa shape index (κ2) is 25.3. The fourth-order valence-electron chi connectivity index (χ4n) is 12.1. The topological polar surface area (TPSA) is 85.2 Å². The van der Waals surface area contributed by atoms with Gasteiger partial charge in [-0.1, -0.05) is 173 Å². The molecule has 0 amide bonds. The van der Waals surface area contributed by atoms with Crippen LogP contribution in [-0.4, -0.2) is 49.4 Å². The van der Waals surface area contributed by atoms with Gasteiger partial charge in [-0.05, 0) is 172 Å². The highest BCUT2D eigenvalue weighted by Crippen LogP contribution is 2.45. The fourth-order valence-corrected chi connectivity index (χ4v) is 13.1. The van der Waals surface area contributed by atoms with Gasteiger partial charge in [0.1, 0.15) is 36.4 Å². The Morgan fingerprint density at radius 3 is 1.33 bits per heavy atom. The first kappa shape index (κ1) is 60.4. The molecule has 3 fully saturated rings. The molecular formula is C69H96O6Si. The van der Waals surface area contributed by atoms with Crippen molar-refractivity contribution >= 4 is 14.3 Å². The minimum atomic E-state index is -1.90. The molecule has 6 nitrogen and oxygen atoms in total. The molecule has 2 N–H and O–H groups in total. The number of aryl methyl sites for hydroxylation is 4. The SMILES string of the molecule is CCC(CC)(c1ccc(C#CC(O)C2(C)CCCCC2)c(C)c1)c1ccc(OC[C@H]2CCC(=O)O2)c(C)c1.CCC(CC)(c1ccc(C#CC(O)C2(C)CCCCC2)c(C)c1)c1ccc(O[Si](C)(C)C(C)(C)C)c(C)c1. The van der Waals surface area contributed by atoms with Crippen molar-refractivity contribution in [1.82, 2.24) is 0 Å². The van der Waals surface area contributed by atoms with E-state index in [1.54, 1.807) is 0 Å². The Balaban J connectivity index is 0.000000247. The zero-order valence-corrected chi connectivity index (χ0v) is 50.7. The molecule has 0 aromatic heterocycles. The van der Waals surface area contributed by atoms with Crippen LogP contribution < -0.4 is 9.16 Å². The standard InChI is InChI=1S/C35H52O2Si.C34H44O4/c1-11-35(12-2,30-19-20-31(27(4)25-30)37-38(9,10)33(5,6)7)29-18-16-28(26(3)24-29)17-21-32(36)34(8)22-14-13-15-23-34;1-6-34(7-2,28-14-16-30(25(4)22-28)37-23-29-15-18-32(36)38-29)27-13-11-26(24(3)21-27)12-17-31(35)33(5)19-9-8-10-20-33/h16,18-20,24-25,32,36H,11-15,22-23H2,1-10H3;11,13-14,16,21-22,29,31,35H,6-10,15,18-20,23H2,1-5H3/t;29-,31?/m.1/s1. The lowest BCUT2D eigenvalue weighted by atomic mass is 9.70. The van der Waals surface area contributed by atoms with Crippen LogP contribution in [0.15, 0.2) is 72.8 Å². The second-order valence-corrected chi connectivity index (χ2v) is 29.9. The smallest absolute Gasteiger partial charge is 0.306 e. The molecule has 0 spiro atoms. The highest BCUT2D eigenvalue weighted by molar-refractivity contribution is 6.74. The zero-order chi connectivity index (χ0) is 55.7. The first-order chi connectivity index (χ1) is 35.9. The Labute approximate surface area is 462 Å². The molecule has 412 valence electrons. The Hall–Kier alpha value is -4.79. The Morgan fingerprint density at radius 2 is 0.987 bits per heavy atom. The van der Waals surface area contributed by atoms with Crippen LogP contribution in [0.4, 0.5) is 0 Å². The summed E-state index contributed by atoms with van der Waals surface area (Å²) in [6.07, 6.45) is 15.4. The van der Waals surface area contributed by atoms with Crippen molar-refractivity contribution in [1.29, 1.82) is 0 Å². The van der Waals surface area contributed by atoms with Gasteiger partial charge in [-0.2, -0.15) is 0 Å². The van der Waals surface area contributed by atoms with Gasteiger partial charge in [0.05, 0.1) is 0 Å². The number of carbonyl (C=O) groups excluding carboxylic acids is 1. The molecule has 3 atom stereocenters. The number of rotatable bonds is 15. The van der Waals surface area contributed by atoms with Crippen molar-refractivity contribution < 1.29 is 28.9 Å². The maximum absolute atomic E-state index is 11.4. The molecule has 3 aliphatic rings. The molecule has 7 heteroatoms. The van der Waals surface area contributed by atoms with Crippen LogP contribution in [-0.2, 0) is 20.4 Å². The summed E-state index contributed by atoms with van der Waals surface area (Å²) >= 11 is 0. The van der Waals surface area contributed by atoms with Crippen LogP contribution in [0, 0.1) is 62.2 Å². The van der Waals surface area contributed by atoms with Crippen molar-refractivity contribution in [3.63, 3.8) is 0 Å². The second-order valence-electron chi connectivity index (χ2n) is 25.2. The van der Waals surface area contributed by atoms with Crippen LogP contribution in [0.25, 0.3) is 0 Å². The van der Waals surface area contributed by atoms with Crippen molar-refractivity contribution in [3.05, 3.63) is 128 Å². The molecule has 4 aromatic rings. The lowest BCUT2D eigenvalue weighted by Gasteiger charge is -2.38. The Morgan fingerprint density at radius 1 is 0.605 bits per heavy atom. The predicted molar refractivity (Wildman–Crippen MR) is 318 cm³/mol. The quantitative estimate of drug-likeness (QED) is 0.0701. The van der Waals surface area contributed by atoms with Gasteiger partial charge >= 0.3 is 5.97 Å². The summed E-state index contributed by atoms with van der Waals surface area (Å²) in [5.74, 6) is 14.7. The van der Waals surface area contributed by atoms with Crippen LogP contribution >= 0.6 is 0 Å². The van der Waals surface area contributed by atoms with Crippen LogP contribution in [0.3, 0.4) is 0 Å². The van der Waals surface area contributed by atoms with E-state index in [2.05, 4.69) is 200 Å². The van der Waals surface area contributed by atoms with Gasteiger partial charge in [0.25, 0.3) is 0 Å². The van der Waals surface area contributed by atoms with E-state index in [4.69, 9.17) is 13.9 Å². The van der Waals surface area contributed by atoms with E-state index >= 15 is 0 Å². The van der Waals surface area contributed by atoms with E-state index in [-0.39, 0.29) is 38.8 Å². The Kier molecular flexibility index (Phi) is 20.1. The van der Waals surface area contributed by atoms with E-state index in [0.717, 1.165) is 91.5 Å². The molecule has 1 aliphatic heterocycles. The molecule has 7 rings (SSSR count). The lowest BCUT2D eigenvalue weighted by Crippen LogP contribution is -2.44. The zero-order valence-electron chi connectivity index (χ0n) is 49.7.